The van der Waals surface area contributed by atoms with Crippen LogP contribution in [0.15, 0.2) is 97.6 Å². The summed E-state index contributed by atoms with van der Waals surface area (Å²) < 4.78 is 12.6. The number of aromatic nitrogens is 5. The third kappa shape index (κ3) is 7.30. The van der Waals surface area contributed by atoms with Crippen LogP contribution in [0.3, 0.4) is 0 Å². The molecule has 1 amide bonds. The molecule has 12 heteroatoms. The van der Waals surface area contributed by atoms with Crippen LogP contribution in [-0.4, -0.2) is 81.0 Å². The second-order valence-electron chi connectivity index (χ2n) is 11.5. The first-order valence-electron chi connectivity index (χ1n) is 15.8. The molecule has 1 saturated heterocycles. The number of carbonyl (C=O) groups excluding carboxylic acids is 2. The second kappa shape index (κ2) is 14.4. The van der Waals surface area contributed by atoms with Crippen molar-refractivity contribution in [2.75, 3.05) is 50.1 Å². The standard InChI is InChI=1S/C36H34N8O4/c45-34(10-11-35(46)48-15-5-12-43-13-16-47-17-14-43)42-33-20-29-31(22-37-33)38-24-39-36(29)41-30-9-4-8-26-19-32-27(18-28(26)30)21-40-44(32)23-25-6-2-1-3-7-25/h1-4,6-11,18-22,24H,5,12-17,23H2,(H,37,42,45)(H,38,39,41)/b11-10+. The Kier molecular flexibility index (Phi) is 9.25. The number of benzene rings is 3. The van der Waals surface area contributed by atoms with E-state index in [2.05, 4.69) is 65.9 Å². The Morgan fingerprint density at radius 2 is 1.77 bits per heavy atom. The van der Waals surface area contributed by atoms with Crippen molar-refractivity contribution < 1.29 is 19.1 Å². The highest BCUT2D eigenvalue weighted by molar-refractivity contribution is 6.06. The third-order valence-corrected chi connectivity index (χ3v) is 8.18. The number of amides is 1. The zero-order chi connectivity index (χ0) is 32.7. The van der Waals surface area contributed by atoms with Crippen LogP contribution in [0.1, 0.15) is 12.0 Å². The minimum atomic E-state index is -0.575. The van der Waals surface area contributed by atoms with E-state index in [1.807, 2.05) is 41.2 Å². The molecule has 0 bridgehead atoms. The molecule has 7 rings (SSSR count). The SMILES string of the molecule is O=C(/C=C/C(=O)OCCCN1CCOCC1)Nc1cc2c(Nc3cccc4cc5c(cnn5Cc5ccccc5)cc34)ncnc2cn1. The summed E-state index contributed by atoms with van der Waals surface area (Å²) in [4.78, 5) is 40.2. The van der Waals surface area contributed by atoms with Gasteiger partial charge in [-0.2, -0.15) is 5.10 Å². The molecule has 3 aromatic carbocycles. The van der Waals surface area contributed by atoms with Crippen molar-refractivity contribution in [3.05, 3.63) is 103 Å². The largest absolute Gasteiger partial charge is 0.462 e. The number of hydrogen-bond donors (Lipinski definition) is 2. The molecule has 0 saturated carbocycles. The number of esters is 1. The van der Waals surface area contributed by atoms with Crippen molar-refractivity contribution in [3.63, 3.8) is 0 Å². The normalized spacial score (nSPS) is 13.8. The molecule has 0 unspecified atom stereocenters. The summed E-state index contributed by atoms with van der Waals surface area (Å²) in [5.41, 5.74) is 3.70. The number of ether oxygens (including phenoxy) is 2. The number of nitrogens with zero attached hydrogens (tertiary/aromatic N) is 6. The van der Waals surface area contributed by atoms with E-state index in [1.54, 1.807) is 12.3 Å². The fraction of sp³-hybridized carbons (Fsp3) is 0.222. The van der Waals surface area contributed by atoms with E-state index in [1.165, 1.54) is 11.9 Å². The molecule has 1 aliphatic heterocycles. The van der Waals surface area contributed by atoms with Crippen molar-refractivity contribution in [1.29, 1.82) is 0 Å². The molecular formula is C36H34N8O4. The predicted octanol–water partition coefficient (Wildman–Crippen LogP) is 5.08. The van der Waals surface area contributed by atoms with Crippen LogP contribution in [-0.2, 0) is 25.6 Å². The topological polar surface area (TPSA) is 136 Å². The van der Waals surface area contributed by atoms with E-state index in [4.69, 9.17) is 9.47 Å². The molecule has 3 aromatic heterocycles. The van der Waals surface area contributed by atoms with Crippen LogP contribution in [0.4, 0.5) is 17.3 Å². The molecule has 242 valence electrons. The van der Waals surface area contributed by atoms with Gasteiger partial charge < -0.3 is 20.1 Å². The van der Waals surface area contributed by atoms with Crippen molar-refractivity contribution in [2.24, 2.45) is 0 Å². The number of morpholine rings is 1. The Labute approximate surface area is 276 Å². The summed E-state index contributed by atoms with van der Waals surface area (Å²) in [6.45, 7) is 5.02. The number of anilines is 3. The highest BCUT2D eigenvalue weighted by atomic mass is 16.5. The monoisotopic (exact) mass is 642 g/mol. The predicted molar refractivity (Wildman–Crippen MR) is 184 cm³/mol. The zero-order valence-corrected chi connectivity index (χ0v) is 26.2. The van der Waals surface area contributed by atoms with Gasteiger partial charge in [-0.05, 0) is 41.6 Å². The number of rotatable bonds is 11. The van der Waals surface area contributed by atoms with Gasteiger partial charge >= 0.3 is 5.97 Å². The molecule has 1 aliphatic rings. The maximum atomic E-state index is 12.6. The summed E-state index contributed by atoms with van der Waals surface area (Å²) in [5, 5.41) is 14.6. The van der Waals surface area contributed by atoms with Gasteiger partial charge in [-0.3, -0.25) is 14.4 Å². The molecule has 4 heterocycles. The van der Waals surface area contributed by atoms with E-state index in [0.717, 1.165) is 72.4 Å². The Morgan fingerprint density at radius 3 is 2.65 bits per heavy atom. The van der Waals surface area contributed by atoms with E-state index in [9.17, 15) is 9.59 Å². The maximum absolute atomic E-state index is 12.6. The Balaban J connectivity index is 1.03. The third-order valence-electron chi connectivity index (χ3n) is 8.18. The number of carbonyl (C=O) groups is 2. The van der Waals surface area contributed by atoms with Gasteiger partial charge in [0, 0.05) is 53.6 Å². The first kappa shape index (κ1) is 30.9. The second-order valence-corrected chi connectivity index (χ2v) is 11.5. The van der Waals surface area contributed by atoms with Crippen molar-refractivity contribution >= 4 is 61.8 Å². The quantitative estimate of drug-likeness (QED) is 0.112. The van der Waals surface area contributed by atoms with Gasteiger partial charge in [0.05, 0.1) is 49.8 Å². The molecule has 1 fully saturated rings. The zero-order valence-electron chi connectivity index (χ0n) is 26.2. The summed E-state index contributed by atoms with van der Waals surface area (Å²) in [6, 6.07) is 22.3. The van der Waals surface area contributed by atoms with Crippen LogP contribution in [0.2, 0.25) is 0 Å². The fourth-order valence-corrected chi connectivity index (χ4v) is 5.74. The number of fused-ring (bicyclic) bond motifs is 3. The molecule has 48 heavy (non-hydrogen) atoms. The van der Waals surface area contributed by atoms with Gasteiger partial charge in [-0.15, -0.1) is 0 Å². The molecule has 0 radical (unpaired) electrons. The van der Waals surface area contributed by atoms with Crippen LogP contribution in [0.25, 0.3) is 32.6 Å². The van der Waals surface area contributed by atoms with Gasteiger partial charge in [0.25, 0.3) is 0 Å². The summed E-state index contributed by atoms with van der Waals surface area (Å²) in [7, 11) is 0. The molecule has 0 aliphatic carbocycles. The summed E-state index contributed by atoms with van der Waals surface area (Å²) >= 11 is 0. The van der Waals surface area contributed by atoms with Crippen molar-refractivity contribution in [1.82, 2.24) is 29.6 Å². The smallest absolute Gasteiger partial charge is 0.330 e. The number of nitrogens with one attached hydrogen (secondary N) is 2. The number of pyridine rings is 1. The molecule has 12 nitrogen and oxygen atoms in total. The Morgan fingerprint density at radius 1 is 0.896 bits per heavy atom. The lowest BCUT2D eigenvalue weighted by atomic mass is 10.1. The van der Waals surface area contributed by atoms with Gasteiger partial charge in [-0.1, -0.05) is 42.5 Å². The highest BCUT2D eigenvalue weighted by Crippen LogP contribution is 2.32. The van der Waals surface area contributed by atoms with Crippen LogP contribution in [0.5, 0.6) is 0 Å². The molecule has 6 aromatic rings. The molecule has 0 spiro atoms. The minimum absolute atomic E-state index is 0.281. The lowest BCUT2D eigenvalue weighted by Crippen LogP contribution is -2.37. The lowest BCUT2D eigenvalue weighted by Gasteiger charge is -2.26. The Hall–Kier alpha value is -5.72. The summed E-state index contributed by atoms with van der Waals surface area (Å²) in [6.07, 6.45) is 7.89. The average molecular weight is 643 g/mol. The molecule has 0 atom stereocenters. The van der Waals surface area contributed by atoms with Crippen LogP contribution >= 0.6 is 0 Å². The first-order valence-corrected chi connectivity index (χ1v) is 15.8. The van der Waals surface area contributed by atoms with Gasteiger partial charge in [0.2, 0.25) is 5.91 Å². The summed E-state index contributed by atoms with van der Waals surface area (Å²) in [5.74, 6) is -0.237. The average Bonchev–Trinajstić information content (AvgIpc) is 3.50. The van der Waals surface area contributed by atoms with Crippen molar-refractivity contribution in [3.8, 4) is 0 Å². The van der Waals surface area contributed by atoms with Gasteiger partial charge in [-0.25, -0.2) is 19.7 Å². The number of hydrogen-bond acceptors (Lipinski definition) is 10. The minimum Gasteiger partial charge on any atom is -0.462 e. The Bertz CT molecular complexity index is 2110. The maximum Gasteiger partial charge on any atom is 0.330 e. The fourth-order valence-electron chi connectivity index (χ4n) is 5.74. The van der Waals surface area contributed by atoms with Gasteiger partial charge in [0.1, 0.15) is 18.0 Å². The van der Waals surface area contributed by atoms with Crippen LogP contribution < -0.4 is 10.6 Å². The van der Waals surface area contributed by atoms with E-state index in [-0.39, 0.29) is 6.61 Å². The first-order chi connectivity index (χ1) is 23.6. The van der Waals surface area contributed by atoms with Gasteiger partial charge in [0.15, 0.2) is 0 Å². The van der Waals surface area contributed by atoms with Crippen molar-refractivity contribution in [2.45, 2.75) is 13.0 Å². The van der Waals surface area contributed by atoms with Crippen LogP contribution in [0, 0.1) is 0 Å². The van der Waals surface area contributed by atoms with E-state index >= 15 is 0 Å². The molecule has 2 N–H and O–H groups in total. The van der Waals surface area contributed by atoms with E-state index in [0.29, 0.717) is 35.5 Å². The lowest BCUT2D eigenvalue weighted by molar-refractivity contribution is -0.138. The molecular weight excluding hydrogens is 608 g/mol. The van der Waals surface area contributed by atoms with E-state index < -0.39 is 11.9 Å². The highest BCUT2D eigenvalue weighted by Gasteiger charge is 2.13.